The fourth-order valence-electron chi connectivity index (χ4n) is 1.82. The van der Waals surface area contributed by atoms with Gasteiger partial charge in [0.15, 0.2) is 0 Å². The standard InChI is InChI=1S/C14H18N2O/c1-2-3-4-5-6-13-11-14(16-17-13)12-7-9-15-10-8-12/h7-11H,2-6H2,1H3. The van der Waals surface area contributed by atoms with Gasteiger partial charge in [-0.1, -0.05) is 31.3 Å². The first kappa shape index (κ1) is 11.8. The molecule has 0 amide bonds. The van der Waals surface area contributed by atoms with E-state index < -0.39 is 0 Å². The Hall–Kier alpha value is -1.64. The van der Waals surface area contributed by atoms with Crippen LogP contribution in [0.15, 0.2) is 35.1 Å². The molecule has 3 heteroatoms. The molecule has 0 atom stereocenters. The van der Waals surface area contributed by atoms with Gasteiger partial charge >= 0.3 is 0 Å². The fourth-order valence-corrected chi connectivity index (χ4v) is 1.82. The number of unbranched alkanes of at least 4 members (excludes halogenated alkanes) is 3. The summed E-state index contributed by atoms with van der Waals surface area (Å²) in [6.07, 6.45) is 9.53. The number of aromatic nitrogens is 2. The quantitative estimate of drug-likeness (QED) is 0.707. The van der Waals surface area contributed by atoms with Crippen LogP contribution in [0, 0.1) is 0 Å². The molecule has 0 aliphatic rings. The second-order valence-electron chi connectivity index (χ2n) is 4.23. The number of nitrogens with zero attached hydrogens (tertiary/aromatic N) is 2. The largest absolute Gasteiger partial charge is 0.361 e. The Kier molecular flexibility index (Phi) is 4.30. The zero-order chi connectivity index (χ0) is 11.9. The molecule has 0 aliphatic heterocycles. The fraction of sp³-hybridized carbons (Fsp3) is 0.429. The molecule has 2 rings (SSSR count). The van der Waals surface area contributed by atoms with E-state index in [0.29, 0.717) is 0 Å². The van der Waals surface area contributed by atoms with Gasteiger partial charge in [-0.15, -0.1) is 0 Å². The van der Waals surface area contributed by atoms with E-state index in [1.807, 2.05) is 18.2 Å². The lowest BCUT2D eigenvalue weighted by atomic mass is 10.1. The molecule has 0 N–H and O–H groups in total. The van der Waals surface area contributed by atoms with Crippen molar-refractivity contribution < 1.29 is 4.52 Å². The van der Waals surface area contributed by atoms with Crippen molar-refractivity contribution >= 4 is 0 Å². The van der Waals surface area contributed by atoms with E-state index in [1.54, 1.807) is 12.4 Å². The lowest BCUT2D eigenvalue weighted by molar-refractivity contribution is 0.380. The minimum Gasteiger partial charge on any atom is -0.361 e. The minimum atomic E-state index is 0.901. The summed E-state index contributed by atoms with van der Waals surface area (Å²) < 4.78 is 5.33. The number of rotatable bonds is 6. The molecule has 90 valence electrons. The highest BCUT2D eigenvalue weighted by atomic mass is 16.5. The maximum atomic E-state index is 5.33. The van der Waals surface area contributed by atoms with E-state index >= 15 is 0 Å². The number of hydrogen-bond acceptors (Lipinski definition) is 3. The topological polar surface area (TPSA) is 38.9 Å². The van der Waals surface area contributed by atoms with Gasteiger partial charge < -0.3 is 4.52 Å². The van der Waals surface area contributed by atoms with Gasteiger partial charge in [0.25, 0.3) is 0 Å². The third-order valence-corrected chi connectivity index (χ3v) is 2.81. The normalized spacial score (nSPS) is 10.6. The monoisotopic (exact) mass is 230 g/mol. The minimum absolute atomic E-state index is 0.901. The van der Waals surface area contributed by atoms with Crippen molar-refractivity contribution in [2.75, 3.05) is 0 Å². The molecule has 2 aromatic rings. The Balaban J connectivity index is 1.92. The number of aryl methyl sites for hydroxylation is 1. The Morgan fingerprint density at radius 3 is 2.71 bits per heavy atom. The lowest BCUT2D eigenvalue weighted by Crippen LogP contribution is -1.82. The van der Waals surface area contributed by atoms with Crippen LogP contribution in [0.5, 0.6) is 0 Å². The van der Waals surface area contributed by atoms with Crippen LogP contribution >= 0.6 is 0 Å². The molecule has 0 saturated carbocycles. The van der Waals surface area contributed by atoms with Crippen molar-refractivity contribution in [3.8, 4) is 11.3 Å². The average molecular weight is 230 g/mol. The smallest absolute Gasteiger partial charge is 0.137 e. The SMILES string of the molecule is CCCCCCc1cc(-c2ccncc2)no1. The van der Waals surface area contributed by atoms with Crippen molar-refractivity contribution in [2.24, 2.45) is 0 Å². The highest BCUT2D eigenvalue weighted by Crippen LogP contribution is 2.19. The predicted molar refractivity (Wildman–Crippen MR) is 67.6 cm³/mol. The van der Waals surface area contributed by atoms with Crippen LogP contribution in [-0.4, -0.2) is 10.1 Å². The van der Waals surface area contributed by atoms with Crippen LogP contribution < -0.4 is 0 Å². The summed E-state index contributed by atoms with van der Waals surface area (Å²) in [5.74, 6) is 0.980. The van der Waals surface area contributed by atoms with Gasteiger partial charge in [0, 0.05) is 30.4 Å². The molecule has 17 heavy (non-hydrogen) atoms. The summed E-state index contributed by atoms with van der Waals surface area (Å²) in [5, 5.41) is 4.08. The molecule has 0 aliphatic carbocycles. The molecule has 0 bridgehead atoms. The van der Waals surface area contributed by atoms with Crippen LogP contribution in [0.1, 0.15) is 38.4 Å². The zero-order valence-corrected chi connectivity index (χ0v) is 10.2. The molecule has 2 aromatic heterocycles. The molecule has 0 spiro atoms. The van der Waals surface area contributed by atoms with E-state index in [9.17, 15) is 0 Å². The van der Waals surface area contributed by atoms with Gasteiger partial charge in [0.1, 0.15) is 11.5 Å². The molecule has 3 nitrogen and oxygen atoms in total. The van der Waals surface area contributed by atoms with Gasteiger partial charge in [-0.2, -0.15) is 0 Å². The Bertz CT molecular complexity index is 436. The Morgan fingerprint density at radius 1 is 1.12 bits per heavy atom. The second-order valence-corrected chi connectivity index (χ2v) is 4.23. The first-order chi connectivity index (χ1) is 8.40. The molecule has 0 unspecified atom stereocenters. The molecular weight excluding hydrogens is 212 g/mol. The number of pyridine rings is 1. The molecule has 0 fully saturated rings. The van der Waals surface area contributed by atoms with Gasteiger partial charge in [0.05, 0.1) is 0 Å². The van der Waals surface area contributed by atoms with Crippen molar-refractivity contribution in [1.29, 1.82) is 0 Å². The Morgan fingerprint density at radius 2 is 1.94 bits per heavy atom. The van der Waals surface area contributed by atoms with E-state index in [2.05, 4.69) is 17.1 Å². The average Bonchev–Trinajstić information content (AvgIpc) is 2.85. The molecule has 0 saturated heterocycles. The maximum absolute atomic E-state index is 5.33. The highest BCUT2D eigenvalue weighted by molar-refractivity contribution is 5.57. The van der Waals surface area contributed by atoms with Crippen molar-refractivity contribution in [3.05, 3.63) is 36.4 Å². The van der Waals surface area contributed by atoms with E-state index in [0.717, 1.165) is 23.4 Å². The van der Waals surface area contributed by atoms with Gasteiger partial charge in [0.2, 0.25) is 0 Å². The van der Waals surface area contributed by atoms with Gasteiger partial charge in [-0.3, -0.25) is 4.98 Å². The summed E-state index contributed by atoms with van der Waals surface area (Å²) in [5.41, 5.74) is 1.96. The van der Waals surface area contributed by atoms with Crippen LogP contribution in [0.25, 0.3) is 11.3 Å². The van der Waals surface area contributed by atoms with Crippen LogP contribution in [-0.2, 0) is 6.42 Å². The molecule has 0 aromatic carbocycles. The third-order valence-electron chi connectivity index (χ3n) is 2.81. The second kappa shape index (κ2) is 6.18. The lowest BCUT2D eigenvalue weighted by Gasteiger charge is -1.94. The zero-order valence-electron chi connectivity index (χ0n) is 10.2. The summed E-state index contributed by atoms with van der Waals surface area (Å²) in [7, 11) is 0. The van der Waals surface area contributed by atoms with Gasteiger partial charge in [-0.25, -0.2) is 0 Å². The number of hydrogen-bond donors (Lipinski definition) is 0. The highest BCUT2D eigenvalue weighted by Gasteiger charge is 2.05. The van der Waals surface area contributed by atoms with E-state index in [-0.39, 0.29) is 0 Å². The van der Waals surface area contributed by atoms with Crippen molar-refractivity contribution in [2.45, 2.75) is 39.0 Å². The first-order valence-corrected chi connectivity index (χ1v) is 6.26. The summed E-state index contributed by atoms with van der Waals surface area (Å²) in [6, 6.07) is 5.92. The van der Waals surface area contributed by atoms with Crippen LogP contribution in [0.3, 0.4) is 0 Å². The molecule has 0 radical (unpaired) electrons. The predicted octanol–water partition coefficient (Wildman–Crippen LogP) is 3.86. The van der Waals surface area contributed by atoms with Crippen LogP contribution in [0.4, 0.5) is 0 Å². The van der Waals surface area contributed by atoms with E-state index in [4.69, 9.17) is 4.52 Å². The summed E-state index contributed by atoms with van der Waals surface area (Å²) >= 11 is 0. The van der Waals surface area contributed by atoms with E-state index in [1.165, 1.54) is 25.7 Å². The first-order valence-electron chi connectivity index (χ1n) is 6.26. The van der Waals surface area contributed by atoms with Gasteiger partial charge in [-0.05, 0) is 18.6 Å². The molecular formula is C14H18N2O. The Labute approximate surface area is 102 Å². The van der Waals surface area contributed by atoms with Crippen LogP contribution in [0.2, 0.25) is 0 Å². The third kappa shape index (κ3) is 3.41. The maximum Gasteiger partial charge on any atom is 0.137 e. The molecule has 2 heterocycles. The summed E-state index contributed by atoms with van der Waals surface area (Å²) in [6.45, 7) is 2.22. The van der Waals surface area contributed by atoms with Crippen molar-refractivity contribution in [1.82, 2.24) is 10.1 Å². The van der Waals surface area contributed by atoms with Crippen molar-refractivity contribution in [3.63, 3.8) is 0 Å². The summed E-state index contributed by atoms with van der Waals surface area (Å²) in [4.78, 5) is 3.99.